The number of nitrogens with one attached hydrogen (secondary N) is 1. The van der Waals surface area contributed by atoms with Crippen LogP contribution in [0.4, 0.5) is 0 Å². The van der Waals surface area contributed by atoms with Gasteiger partial charge < -0.3 is 10.4 Å². The number of aliphatic hydroxyl groups excluding tert-OH is 1. The Balaban J connectivity index is 1.83. The first-order valence-corrected chi connectivity index (χ1v) is 8.44. The molecule has 0 saturated carbocycles. The fourth-order valence-corrected chi connectivity index (χ4v) is 3.82. The van der Waals surface area contributed by atoms with Gasteiger partial charge in [0.15, 0.2) is 0 Å². The highest BCUT2D eigenvalue weighted by molar-refractivity contribution is 7.12. The van der Waals surface area contributed by atoms with Crippen molar-refractivity contribution in [2.24, 2.45) is 0 Å². The molecule has 0 spiro atoms. The van der Waals surface area contributed by atoms with E-state index in [-0.39, 0.29) is 12.5 Å². The van der Waals surface area contributed by atoms with Crippen molar-refractivity contribution in [3.8, 4) is 0 Å². The molecule has 1 atom stereocenters. The van der Waals surface area contributed by atoms with Crippen LogP contribution in [0.25, 0.3) is 0 Å². The Morgan fingerprint density at radius 1 is 1.40 bits per heavy atom. The second-order valence-corrected chi connectivity index (χ2v) is 6.65. The molecule has 0 unspecified atom stereocenters. The highest BCUT2D eigenvalue weighted by atomic mass is 32.1. The summed E-state index contributed by atoms with van der Waals surface area (Å²) in [5, 5.41) is 16.1. The molecule has 0 aliphatic heterocycles. The third kappa shape index (κ3) is 4.16. The summed E-state index contributed by atoms with van der Waals surface area (Å²) in [5.41, 5.74) is 1.12. The van der Waals surface area contributed by atoms with Crippen LogP contribution in [0.5, 0.6) is 0 Å². The maximum absolute atomic E-state index is 11.9. The molecule has 1 amide bonds. The molecule has 2 rings (SSSR count). The van der Waals surface area contributed by atoms with Crippen LogP contribution in [0, 0.1) is 6.92 Å². The minimum atomic E-state index is -0.00275. The van der Waals surface area contributed by atoms with Gasteiger partial charge in [-0.3, -0.25) is 4.79 Å². The van der Waals surface area contributed by atoms with Crippen LogP contribution in [-0.4, -0.2) is 24.2 Å². The zero-order valence-corrected chi connectivity index (χ0v) is 13.1. The fourth-order valence-electron chi connectivity index (χ4n) is 2.11. The Bertz CT molecular complexity index is 534. The molecular formula is C15H19NO2S2. The molecule has 2 N–H and O–H groups in total. The fraction of sp³-hybridized carbons (Fsp3) is 0.400. The Labute approximate surface area is 127 Å². The lowest BCUT2D eigenvalue weighted by Gasteiger charge is -2.14. The van der Waals surface area contributed by atoms with E-state index < -0.39 is 0 Å². The molecule has 0 aliphatic carbocycles. The van der Waals surface area contributed by atoms with Crippen LogP contribution in [0.2, 0.25) is 0 Å². The largest absolute Gasteiger partial charge is 0.396 e. The number of carbonyl (C=O) groups is 1. The van der Waals surface area contributed by atoms with Crippen molar-refractivity contribution < 1.29 is 9.90 Å². The summed E-state index contributed by atoms with van der Waals surface area (Å²) < 4.78 is 0. The second kappa shape index (κ2) is 7.57. The van der Waals surface area contributed by atoms with Crippen LogP contribution in [0.15, 0.2) is 29.0 Å². The van der Waals surface area contributed by atoms with E-state index >= 15 is 0 Å². The number of hydrogen-bond acceptors (Lipinski definition) is 4. The van der Waals surface area contributed by atoms with E-state index in [0.717, 1.165) is 23.3 Å². The molecule has 2 heterocycles. The number of aliphatic hydroxyl groups is 1. The first-order chi connectivity index (χ1) is 9.70. The van der Waals surface area contributed by atoms with E-state index in [0.29, 0.717) is 12.5 Å². The quantitative estimate of drug-likeness (QED) is 0.823. The van der Waals surface area contributed by atoms with Gasteiger partial charge in [-0.2, -0.15) is 0 Å². The summed E-state index contributed by atoms with van der Waals surface area (Å²) in [6, 6.07) is 6.03. The van der Waals surface area contributed by atoms with Crippen molar-refractivity contribution in [1.82, 2.24) is 5.32 Å². The molecule has 2 aromatic rings. The standard InChI is InChI=1S/C15H19NO2S2/c1-11-9-14(20-10-11)15(18)16-6-4-12(5-7-17)13-3-2-8-19-13/h2-3,8-10,12,17H,4-7H2,1H3,(H,16,18)/t12-/m0/s1. The average molecular weight is 309 g/mol. The van der Waals surface area contributed by atoms with Gasteiger partial charge in [0.2, 0.25) is 0 Å². The summed E-state index contributed by atoms with van der Waals surface area (Å²) in [7, 11) is 0. The van der Waals surface area contributed by atoms with Crippen LogP contribution in [-0.2, 0) is 0 Å². The van der Waals surface area contributed by atoms with Crippen LogP contribution in [0.1, 0.15) is 38.9 Å². The molecule has 2 aromatic heterocycles. The van der Waals surface area contributed by atoms with Crippen molar-refractivity contribution in [3.05, 3.63) is 44.3 Å². The molecular weight excluding hydrogens is 290 g/mol. The van der Waals surface area contributed by atoms with E-state index in [1.165, 1.54) is 16.2 Å². The van der Waals surface area contributed by atoms with Crippen molar-refractivity contribution in [2.75, 3.05) is 13.2 Å². The number of rotatable bonds is 7. The first-order valence-electron chi connectivity index (χ1n) is 6.68. The summed E-state index contributed by atoms with van der Waals surface area (Å²) in [4.78, 5) is 14.0. The Hall–Kier alpha value is -1.17. The van der Waals surface area contributed by atoms with Crippen molar-refractivity contribution in [2.45, 2.75) is 25.7 Å². The van der Waals surface area contributed by atoms with E-state index in [4.69, 9.17) is 5.11 Å². The molecule has 3 nitrogen and oxygen atoms in total. The third-order valence-corrected chi connectivity index (χ3v) is 5.24. The van der Waals surface area contributed by atoms with Gasteiger partial charge in [0, 0.05) is 18.0 Å². The molecule has 0 saturated heterocycles. The van der Waals surface area contributed by atoms with Gasteiger partial charge in [-0.05, 0) is 54.1 Å². The minimum absolute atomic E-state index is 0.00275. The Morgan fingerprint density at radius 3 is 2.85 bits per heavy atom. The minimum Gasteiger partial charge on any atom is -0.396 e. The molecule has 0 radical (unpaired) electrons. The summed E-state index contributed by atoms with van der Waals surface area (Å²) >= 11 is 3.18. The van der Waals surface area contributed by atoms with Crippen LogP contribution < -0.4 is 5.32 Å². The number of aryl methyl sites for hydroxylation is 1. The van der Waals surface area contributed by atoms with E-state index in [9.17, 15) is 4.79 Å². The predicted octanol–water partition coefficient (Wildman–Crippen LogP) is 3.40. The van der Waals surface area contributed by atoms with Gasteiger partial charge in [-0.25, -0.2) is 0 Å². The van der Waals surface area contributed by atoms with Crippen molar-refractivity contribution in [3.63, 3.8) is 0 Å². The highest BCUT2D eigenvalue weighted by Gasteiger charge is 2.13. The average Bonchev–Trinajstić information content (AvgIpc) is 3.08. The molecule has 0 aromatic carbocycles. The summed E-state index contributed by atoms with van der Waals surface area (Å²) in [6.07, 6.45) is 1.60. The summed E-state index contributed by atoms with van der Waals surface area (Å²) in [6.45, 7) is 2.81. The molecule has 0 bridgehead atoms. The first kappa shape index (κ1) is 15.2. The van der Waals surface area contributed by atoms with Gasteiger partial charge in [-0.15, -0.1) is 22.7 Å². The van der Waals surface area contributed by atoms with E-state index in [1.807, 2.05) is 29.8 Å². The predicted molar refractivity (Wildman–Crippen MR) is 84.8 cm³/mol. The maximum atomic E-state index is 11.9. The molecule has 108 valence electrons. The SMILES string of the molecule is Cc1csc(C(=O)NCC[C@@H](CCO)c2cccs2)c1. The van der Waals surface area contributed by atoms with Crippen LogP contribution >= 0.6 is 22.7 Å². The maximum Gasteiger partial charge on any atom is 0.261 e. The lowest BCUT2D eigenvalue weighted by molar-refractivity contribution is 0.0956. The van der Waals surface area contributed by atoms with Crippen molar-refractivity contribution in [1.29, 1.82) is 0 Å². The second-order valence-electron chi connectivity index (χ2n) is 4.76. The van der Waals surface area contributed by atoms with Gasteiger partial charge in [0.25, 0.3) is 5.91 Å². The molecule has 0 fully saturated rings. The topological polar surface area (TPSA) is 49.3 Å². The van der Waals surface area contributed by atoms with Gasteiger partial charge in [0.1, 0.15) is 0 Å². The van der Waals surface area contributed by atoms with Gasteiger partial charge in [-0.1, -0.05) is 6.07 Å². The zero-order valence-electron chi connectivity index (χ0n) is 11.5. The number of hydrogen-bond donors (Lipinski definition) is 2. The lowest BCUT2D eigenvalue weighted by atomic mass is 10.00. The van der Waals surface area contributed by atoms with Crippen LogP contribution in [0.3, 0.4) is 0 Å². The van der Waals surface area contributed by atoms with Gasteiger partial charge in [0.05, 0.1) is 4.88 Å². The van der Waals surface area contributed by atoms with Crippen molar-refractivity contribution >= 4 is 28.6 Å². The smallest absolute Gasteiger partial charge is 0.261 e. The monoisotopic (exact) mass is 309 g/mol. The van der Waals surface area contributed by atoms with E-state index in [1.54, 1.807) is 11.3 Å². The zero-order chi connectivity index (χ0) is 14.4. The Kier molecular flexibility index (Phi) is 5.76. The van der Waals surface area contributed by atoms with E-state index in [2.05, 4.69) is 11.4 Å². The highest BCUT2D eigenvalue weighted by Crippen LogP contribution is 2.26. The third-order valence-electron chi connectivity index (χ3n) is 3.16. The normalized spacial score (nSPS) is 12.3. The summed E-state index contributed by atoms with van der Waals surface area (Å²) in [5.74, 6) is 0.322. The number of amides is 1. The molecule has 20 heavy (non-hydrogen) atoms. The lowest BCUT2D eigenvalue weighted by Crippen LogP contribution is -2.25. The molecule has 5 heteroatoms. The van der Waals surface area contributed by atoms with Gasteiger partial charge >= 0.3 is 0 Å². The number of carbonyl (C=O) groups excluding carboxylic acids is 1. The number of thiophene rings is 2. The molecule has 0 aliphatic rings. The Morgan fingerprint density at radius 2 is 2.25 bits per heavy atom.